The number of thiophene rings is 1. The van der Waals surface area contributed by atoms with Crippen molar-refractivity contribution in [1.82, 2.24) is 15.2 Å². The van der Waals surface area contributed by atoms with Crippen molar-refractivity contribution in [3.05, 3.63) is 22.6 Å². The van der Waals surface area contributed by atoms with E-state index < -0.39 is 29.7 Å². The van der Waals surface area contributed by atoms with E-state index in [0.29, 0.717) is 38.9 Å². The molecule has 2 aromatic heterocycles. The van der Waals surface area contributed by atoms with E-state index in [0.717, 1.165) is 17.4 Å². The number of rotatable bonds is 6. The lowest BCUT2D eigenvalue weighted by Crippen LogP contribution is -2.43. The van der Waals surface area contributed by atoms with E-state index in [1.165, 1.54) is 12.4 Å². The van der Waals surface area contributed by atoms with E-state index in [1.54, 1.807) is 4.90 Å². The molecule has 2 aliphatic rings. The second-order valence-electron chi connectivity index (χ2n) is 9.41. The molecule has 0 aliphatic carbocycles. The third-order valence-corrected chi connectivity index (χ3v) is 7.89. The highest BCUT2D eigenvalue weighted by Crippen LogP contribution is 2.41. The molecule has 0 saturated carbocycles. The summed E-state index contributed by atoms with van der Waals surface area (Å²) < 4.78 is 67.9. The van der Waals surface area contributed by atoms with E-state index in [9.17, 15) is 31.9 Å². The van der Waals surface area contributed by atoms with Gasteiger partial charge in [-0.25, -0.2) is 13.8 Å². The number of alkyl halides is 5. The Morgan fingerprint density at radius 3 is 2.51 bits per heavy atom. The number of aliphatic hydroxyl groups excluding tert-OH is 1. The average molecular weight is 521 g/mol. The number of nitrogens with zero attached hydrogens (tertiary/aromatic N) is 3. The Balaban J connectivity index is 1.41. The summed E-state index contributed by atoms with van der Waals surface area (Å²) in [4.78, 5) is 20.2. The van der Waals surface area contributed by atoms with Crippen LogP contribution in [0.4, 0.5) is 27.8 Å². The highest BCUT2D eigenvalue weighted by molar-refractivity contribution is 7.17. The lowest BCUT2D eigenvalue weighted by molar-refractivity contribution is -0.136. The summed E-state index contributed by atoms with van der Waals surface area (Å²) in [6, 6.07) is 1.05. The number of anilines is 1. The Kier molecular flexibility index (Phi) is 7.54. The molecule has 0 spiro atoms. The number of hydrogen-bond acceptors (Lipinski definition) is 6. The van der Waals surface area contributed by atoms with Crippen LogP contribution in [-0.2, 0) is 6.18 Å². The van der Waals surface area contributed by atoms with Gasteiger partial charge in [0.25, 0.3) is 11.8 Å². The van der Waals surface area contributed by atoms with Crippen molar-refractivity contribution in [2.24, 2.45) is 5.92 Å². The first-order chi connectivity index (χ1) is 16.5. The van der Waals surface area contributed by atoms with Crippen molar-refractivity contribution in [3.8, 4) is 0 Å². The molecule has 6 nitrogen and oxygen atoms in total. The van der Waals surface area contributed by atoms with Crippen LogP contribution in [0.2, 0.25) is 0 Å². The van der Waals surface area contributed by atoms with Crippen molar-refractivity contribution in [2.45, 2.75) is 50.3 Å². The maximum Gasteiger partial charge on any atom is 0.417 e. The number of halogens is 5. The van der Waals surface area contributed by atoms with Gasteiger partial charge in [-0.2, -0.15) is 13.2 Å². The van der Waals surface area contributed by atoms with Crippen molar-refractivity contribution in [1.29, 1.82) is 0 Å². The number of amides is 1. The van der Waals surface area contributed by atoms with Crippen LogP contribution in [0.1, 0.15) is 48.0 Å². The van der Waals surface area contributed by atoms with Crippen LogP contribution < -0.4 is 10.2 Å². The van der Waals surface area contributed by atoms with Crippen LogP contribution >= 0.6 is 11.3 Å². The standard InChI is InChI=1S/C23H29F5N4O2S/c1-29-21(34)16-13-35-20-17(23(26,27)28)11-18(30-19(16)20)32-6-2-14(3-7-32)10-15(33)12-31-8-4-22(24,25)5-9-31/h11,13-15,33H,2-10,12H2,1H3,(H,29,34). The number of hydrogen-bond donors (Lipinski definition) is 2. The number of piperidine rings is 2. The topological polar surface area (TPSA) is 68.7 Å². The molecule has 0 radical (unpaired) electrons. The number of likely N-dealkylation sites (tertiary alicyclic amines) is 1. The smallest absolute Gasteiger partial charge is 0.392 e. The van der Waals surface area contributed by atoms with E-state index >= 15 is 0 Å². The van der Waals surface area contributed by atoms with E-state index in [4.69, 9.17) is 0 Å². The molecule has 194 valence electrons. The number of nitrogens with one attached hydrogen (secondary N) is 1. The van der Waals surface area contributed by atoms with Crippen molar-refractivity contribution in [2.75, 3.05) is 44.7 Å². The van der Waals surface area contributed by atoms with Gasteiger partial charge >= 0.3 is 6.18 Å². The first-order valence-electron chi connectivity index (χ1n) is 11.7. The van der Waals surface area contributed by atoms with E-state index in [-0.39, 0.29) is 53.4 Å². The van der Waals surface area contributed by atoms with Crippen LogP contribution in [0.25, 0.3) is 10.2 Å². The van der Waals surface area contributed by atoms with Gasteiger partial charge in [0, 0.05) is 58.0 Å². The summed E-state index contributed by atoms with van der Waals surface area (Å²) in [5, 5.41) is 14.3. The fourth-order valence-corrected chi connectivity index (χ4v) is 5.90. The molecule has 2 aromatic rings. The summed E-state index contributed by atoms with van der Waals surface area (Å²) in [6.07, 6.45) is -3.74. The molecular formula is C23H29F5N4O2S. The summed E-state index contributed by atoms with van der Waals surface area (Å²) in [5.74, 6) is -2.75. The van der Waals surface area contributed by atoms with Crippen molar-refractivity contribution >= 4 is 33.3 Å². The molecule has 35 heavy (non-hydrogen) atoms. The van der Waals surface area contributed by atoms with Crippen LogP contribution in [0, 0.1) is 5.92 Å². The summed E-state index contributed by atoms with van der Waals surface area (Å²) in [5.41, 5.74) is -0.639. The van der Waals surface area contributed by atoms with Crippen LogP contribution in [-0.4, -0.2) is 72.7 Å². The molecule has 4 rings (SSSR count). The molecule has 2 saturated heterocycles. The normalized spacial score (nSPS) is 20.8. The average Bonchev–Trinajstić information content (AvgIpc) is 3.23. The maximum atomic E-state index is 13.8. The molecule has 0 bridgehead atoms. The largest absolute Gasteiger partial charge is 0.417 e. The zero-order valence-electron chi connectivity index (χ0n) is 19.4. The molecular weight excluding hydrogens is 491 g/mol. The number of carbonyl (C=O) groups is 1. The molecule has 0 aromatic carbocycles. The predicted molar refractivity (Wildman–Crippen MR) is 124 cm³/mol. The Labute approximate surface area is 204 Å². The lowest BCUT2D eigenvalue weighted by atomic mass is 9.90. The monoisotopic (exact) mass is 520 g/mol. The number of fused-ring (bicyclic) bond motifs is 1. The SMILES string of the molecule is CNC(=O)c1csc2c(C(F)(F)F)cc(N3CCC(CC(O)CN4CCC(F)(F)CC4)CC3)nc12. The minimum atomic E-state index is -4.58. The molecule has 4 heterocycles. The Hall–Kier alpha value is -2.05. The third kappa shape index (κ3) is 6.03. The molecule has 12 heteroatoms. The van der Waals surface area contributed by atoms with Gasteiger partial charge in [0.05, 0.1) is 27.4 Å². The van der Waals surface area contributed by atoms with Gasteiger partial charge in [-0.05, 0) is 31.2 Å². The molecule has 1 atom stereocenters. The Morgan fingerprint density at radius 2 is 1.91 bits per heavy atom. The van der Waals surface area contributed by atoms with E-state index in [1.807, 2.05) is 4.90 Å². The highest BCUT2D eigenvalue weighted by atomic mass is 32.1. The van der Waals surface area contributed by atoms with Gasteiger partial charge in [-0.15, -0.1) is 11.3 Å². The van der Waals surface area contributed by atoms with Crippen LogP contribution in [0.5, 0.6) is 0 Å². The quantitative estimate of drug-likeness (QED) is 0.554. The number of aromatic nitrogens is 1. The molecule has 2 fully saturated rings. The molecule has 1 amide bonds. The summed E-state index contributed by atoms with van der Waals surface area (Å²) in [6.45, 7) is 1.83. The first-order valence-corrected chi connectivity index (χ1v) is 12.6. The van der Waals surface area contributed by atoms with Gasteiger partial charge in [0.15, 0.2) is 0 Å². The maximum absolute atomic E-state index is 13.8. The van der Waals surface area contributed by atoms with Crippen LogP contribution in [0.3, 0.4) is 0 Å². The zero-order valence-corrected chi connectivity index (χ0v) is 20.2. The second kappa shape index (κ2) is 10.1. The summed E-state index contributed by atoms with van der Waals surface area (Å²) in [7, 11) is 1.42. The number of β-amino-alcohol motifs (C(OH)–C–C–N with tert-alkyl or cyclic N) is 1. The van der Waals surface area contributed by atoms with Gasteiger partial charge in [-0.1, -0.05) is 0 Å². The van der Waals surface area contributed by atoms with E-state index in [2.05, 4.69) is 10.3 Å². The molecule has 2 aliphatic heterocycles. The number of aliphatic hydroxyl groups is 1. The number of pyridine rings is 1. The van der Waals surface area contributed by atoms with Gasteiger partial charge in [-0.3, -0.25) is 4.79 Å². The second-order valence-corrected chi connectivity index (χ2v) is 10.3. The van der Waals surface area contributed by atoms with Crippen molar-refractivity contribution in [3.63, 3.8) is 0 Å². The van der Waals surface area contributed by atoms with Crippen LogP contribution in [0.15, 0.2) is 11.4 Å². The first kappa shape index (κ1) is 26.0. The number of carbonyl (C=O) groups excluding carboxylic acids is 1. The molecule has 1 unspecified atom stereocenters. The lowest BCUT2D eigenvalue weighted by Gasteiger charge is -2.36. The van der Waals surface area contributed by atoms with Crippen molar-refractivity contribution < 1.29 is 31.9 Å². The van der Waals surface area contributed by atoms with Gasteiger partial charge < -0.3 is 20.2 Å². The van der Waals surface area contributed by atoms with Gasteiger partial charge in [0.1, 0.15) is 5.82 Å². The van der Waals surface area contributed by atoms with Gasteiger partial charge in [0.2, 0.25) is 0 Å². The highest BCUT2D eigenvalue weighted by Gasteiger charge is 2.37. The fraction of sp³-hybridized carbons (Fsp3) is 0.652. The summed E-state index contributed by atoms with van der Waals surface area (Å²) >= 11 is 0.853. The fourth-order valence-electron chi connectivity index (χ4n) is 4.88. The Morgan fingerprint density at radius 1 is 1.26 bits per heavy atom. The minimum Gasteiger partial charge on any atom is -0.392 e. The molecule has 2 N–H and O–H groups in total. The minimum absolute atomic E-state index is 0.0452. The Bertz CT molecular complexity index is 1040. The zero-order chi connectivity index (χ0) is 25.4. The predicted octanol–water partition coefficient (Wildman–Crippen LogP) is 4.37. The third-order valence-electron chi connectivity index (χ3n) is 6.89.